The van der Waals surface area contributed by atoms with Gasteiger partial charge in [0, 0.05) is 19.5 Å². The molecule has 1 aliphatic rings. The van der Waals surface area contributed by atoms with E-state index in [1.165, 1.54) is 29.6 Å². The van der Waals surface area contributed by atoms with Crippen LogP contribution in [-0.4, -0.2) is 64.5 Å². The minimum Gasteiger partial charge on any atom is -0.495 e. The predicted octanol–water partition coefficient (Wildman–Crippen LogP) is 0.990. The summed E-state index contributed by atoms with van der Waals surface area (Å²) in [7, 11) is -2.28. The highest BCUT2D eigenvalue weighted by molar-refractivity contribution is 7.89. The van der Waals surface area contributed by atoms with Crippen molar-refractivity contribution in [3.05, 3.63) is 18.2 Å². The standard InChI is InChI=1S/C18H28N4O6S/c1-13(2)10-17(19)21-28-12-18(23)20-15-11-14(4-5-16(15)26-3)29(24,25)22-6-8-27-9-7-22/h4-5,11,13H,6-10,12H2,1-3H3,(H2,19,21)(H,20,23). The Morgan fingerprint density at radius 2 is 2.03 bits per heavy atom. The summed E-state index contributed by atoms with van der Waals surface area (Å²) in [6.07, 6.45) is 0.552. The van der Waals surface area contributed by atoms with Gasteiger partial charge in [0.15, 0.2) is 6.61 Å². The van der Waals surface area contributed by atoms with Crippen molar-refractivity contribution in [1.82, 2.24) is 4.31 Å². The van der Waals surface area contributed by atoms with Gasteiger partial charge in [-0.05, 0) is 24.1 Å². The Bertz CT molecular complexity index is 835. The Labute approximate surface area is 171 Å². The van der Waals surface area contributed by atoms with Crippen molar-refractivity contribution in [2.75, 3.05) is 45.3 Å². The minimum absolute atomic E-state index is 0.0515. The molecular formula is C18H28N4O6S. The number of carbonyl (C=O) groups is 1. The van der Waals surface area contributed by atoms with Crippen molar-refractivity contribution < 1.29 is 27.5 Å². The third kappa shape index (κ3) is 6.58. The number of sulfonamides is 1. The molecule has 1 heterocycles. The molecule has 3 N–H and O–H groups in total. The molecule has 10 nitrogen and oxygen atoms in total. The van der Waals surface area contributed by atoms with E-state index in [1.807, 2.05) is 13.8 Å². The molecule has 162 valence electrons. The second-order valence-corrected chi connectivity index (χ2v) is 8.82. The first-order chi connectivity index (χ1) is 13.7. The third-order valence-electron chi connectivity index (χ3n) is 4.05. The van der Waals surface area contributed by atoms with Gasteiger partial charge in [0.05, 0.1) is 30.9 Å². The fourth-order valence-electron chi connectivity index (χ4n) is 2.70. The summed E-state index contributed by atoms with van der Waals surface area (Å²) in [4.78, 5) is 17.2. The van der Waals surface area contributed by atoms with Crippen molar-refractivity contribution in [2.45, 2.75) is 25.2 Å². The Morgan fingerprint density at radius 3 is 2.66 bits per heavy atom. The molecule has 1 aliphatic heterocycles. The van der Waals surface area contributed by atoms with E-state index in [1.54, 1.807) is 0 Å². The summed E-state index contributed by atoms with van der Waals surface area (Å²) in [5, 5.41) is 6.28. The molecule has 0 aliphatic carbocycles. The molecule has 11 heteroatoms. The van der Waals surface area contributed by atoms with Crippen molar-refractivity contribution >= 4 is 27.5 Å². The number of carbonyl (C=O) groups excluding carboxylic acids is 1. The maximum atomic E-state index is 12.8. The zero-order valence-corrected chi connectivity index (χ0v) is 17.7. The molecule has 0 radical (unpaired) electrons. The molecule has 0 bridgehead atoms. The molecule has 0 saturated carbocycles. The van der Waals surface area contributed by atoms with Crippen molar-refractivity contribution in [3.8, 4) is 5.75 Å². The fraction of sp³-hybridized carbons (Fsp3) is 0.556. The lowest BCUT2D eigenvalue weighted by Crippen LogP contribution is -2.40. The summed E-state index contributed by atoms with van der Waals surface area (Å²) in [6.45, 7) is 4.84. The number of morpholine rings is 1. The van der Waals surface area contributed by atoms with Gasteiger partial charge in [0.2, 0.25) is 10.0 Å². The van der Waals surface area contributed by atoms with Crippen LogP contribution in [0.25, 0.3) is 0 Å². The van der Waals surface area contributed by atoms with Crippen LogP contribution in [0.4, 0.5) is 5.69 Å². The number of nitrogens with zero attached hydrogens (tertiary/aromatic N) is 2. The molecule has 0 spiro atoms. The monoisotopic (exact) mass is 428 g/mol. The van der Waals surface area contributed by atoms with Crippen LogP contribution in [0, 0.1) is 5.92 Å². The highest BCUT2D eigenvalue weighted by atomic mass is 32.2. The number of anilines is 1. The van der Waals surface area contributed by atoms with Crippen molar-refractivity contribution in [1.29, 1.82) is 0 Å². The first-order valence-electron chi connectivity index (χ1n) is 9.24. The lowest BCUT2D eigenvalue weighted by Gasteiger charge is -2.26. The number of nitrogens with one attached hydrogen (secondary N) is 1. The largest absolute Gasteiger partial charge is 0.495 e. The summed E-state index contributed by atoms with van der Waals surface area (Å²) in [5.41, 5.74) is 5.91. The normalized spacial score (nSPS) is 15.9. The van der Waals surface area contributed by atoms with E-state index in [4.69, 9.17) is 20.0 Å². The first kappa shape index (κ1) is 22.9. The number of oxime groups is 1. The van der Waals surface area contributed by atoms with Gasteiger partial charge in [-0.2, -0.15) is 4.31 Å². The Hall–Kier alpha value is -2.37. The van der Waals surface area contributed by atoms with E-state index >= 15 is 0 Å². The van der Waals surface area contributed by atoms with Gasteiger partial charge in [-0.25, -0.2) is 8.42 Å². The van der Waals surface area contributed by atoms with E-state index in [0.717, 1.165) is 0 Å². The first-order valence-corrected chi connectivity index (χ1v) is 10.7. The van der Waals surface area contributed by atoms with E-state index in [-0.39, 0.29) is 30.3 Å². The van der Waals surface area contributed by atoms with Crippen LogP contribution in [0.5, 0.6) is 5.75 Å². The Balaban J connectivity index is 2.09. The van der Waals surface area contributed by atoms with Gasteiger partial charge in [-0.3, -0.25) is 4.79 Å². The van der Waals surface area contributed by atoms with Crippen LogP contribution in [-0.2, 0) is 24.4 Å². The number of amidine groups is 1. The van der Waals surface area contributed by atoms with Gasteiger partial charge >= 0.3 is 0 Å². The van der Waals surface area contributed by atoms with Crippen LogP contribution in [0.1, 0.15) is 20.3 Å². The van der Waals surface area contributed by atoms with Gasteiger partial charge < -0.3 is 25.4 Å². The average molecular weight is 429 g/mol. The number of hydrogen-bond donors (Lipinski definition) is 2. The van der Waals surface area contributed by atoms with Crippen molar-refractivity contribution in [2.24, 2.45) is 16.8 Å². The SMILES string of the molecule is COc1ccc(S(=O)(=O)N2CCOCC2)cc1NC(=O)CO/N=C(/N)CC(C)C. The maximum Gasteiger partial charge on any atom is 0.265 e. The molecule has 0 aromatic heterocycles. The highest BCUT2D eigenvalue weighted by Gasteiger charge is 2.27. The molecule has 0 atom stereocenters. The second kappa shape index (κ2) is 10.4. The van der Waals surface area contributed by atoms with Crippen LogP contribution in [0.2, 0.25) is 0 Å². The topological polar surface area (TPSA) is 133 Å². The van der Waals surface area contributed by atoms with E-state index in [0.29, 0.717) is 37.1 Å². The maximum absolute atomic E-state index is 12.8. The third-order valence-corrected chi connectivity index (χ3v) is 5.94. The molecule has 1 fully saturated rings. The number of rotatable bonds is 9. The molecule has 0 unspecified atom stereocenters. The highest BCUT2D eigenvalue weighted by Crippen LogP contribution is 2.29. The molecule has 1 aromatic carbocycles. The lowest BCUT2D eigenvalue weighted by molar-refractivity contribution is -0.120. The number of ether oxygens (including phenoxy) is 2. The van der Waals surface area contributed by atoms with Gasteiger partial charge in [-0.1, -0.05) is 19.0 Å². The average Bonchev–Trinajstić information content (AvgIpc) is 2.68. The number of benzene rings is 1. The smallest absolute Gasteiger partial charge is 0.265 e. The predicted molar refractivity (Wildman–Crippen MR) is 108 cm³/mol. The van der Waals surface area contributed by atoms with Crippen molar-refractivity contribution in [3.63, 3.8) is 0 Å². The quantitative estimate of drug-likeness (QED) is 0.340. The number of nitrogens with two attached hydrogens (primary N) is 1. The molecule has 2 rings (SSSR count). The second-order valence-electron chi connectivity index (χ2n) is 6.88. The van der Waals surface area contributed by atoms with Gasteiger partial charge in [-0.15, -0.1) is 0 Å². The molecular weight excluding hydrogens is 400 g/mol. The van der Waals surface area contributed by atoms with Gasteiger partial charge in [0.25, 0.3) is 5.91 Å². The lowest BCUT2D eigenvalue weighted by atomic mass is 10.1. The molecule has 1 amide bonds. The molecule has 1 aromatic rings. The molecule has 29 heavy (non-hydrogen) atoms. The van der Waals surface area contributed by atoms with Gasteiger partial charge in [0.1, 0.15) is 11.6 Å². The number of hydrogen-bond acceptors (Lipinski definition) is 7. The fourth-order valence-corrected chi connectivity index (χ4v) is 4.13. The number of methoxy groups -OCH3 is 1. The zero-order valence-electron chi connectivity index (χ0n) is 16.9. The molecule has 1 saturated heterocycles. The summed E-state index contributed by atoms with van der Waals surface area (Å²) >= 11 is 0. The van der Waals surface area contributed by atoms with Crippen LogP contribution < -0.4 is 15.8 Å². The van der Waals surface area contributed by atoms with Crippen LogP contribution in [0.15, 0.2) is 28.3 Å². The summed E-state index contributed by atoms with van der Waals surface area (Å²) < 4.78 is 37.4. The van der Waals surface area contributed by atoms with Crippen LogP contribution >= 0.6 is 0 Å². The number of amides is 1. The Kier molecular flexibility index (Phi) is 8.23. The summed E-state index contributed by atoms with van der Waals surface area (Å²) in [6, 6.07) is 4.28. The minimum atomic E-state index is -3.71. The van der Waals surface area contributed by atoms with E-state index < -0.39 is 15.9 Å². The zero-order chi connectivity index (χ0) is 21.4. The van der Waals surface area contributed by atoms with E-state index in [9.17, 15) is 13.2 Å². The Morgan fingerprint density at radius 1 is 1.34 bits per heavy atom. The van der Waals surface area contributed by atoms with Crippen LogP contribution in [0.3, 0.4) is 0 Å². The van der Waals surface area contributed by atoms with E-state index in [2.05, 4.69) is 10.5 Å². The summed E-state index contributed by atoms with van der Waals surface area (Å²) in [5.74, 6) is 0.410.